The van der Waals surface area contributed by atoms with Crippen molar-refractivity contribution in [2.45, 2.75) is 12.8 Å². The summed E-state index contributed by atoms with van der Waals surface area (Å²) in [4.78, 5) is 29.9. The molecule has 1 fully saturated rings. The van der Waals surface area contributed by atoms with Crippen molar-refractivity contribution in [3.63, 3.8) is 0 Å². The molecule has 1 aliphatic rings. The van der Waals surface area contributed by atoms with Crippen molar-refractivity contribution in [1.29, 1.82) is 0 Å². The summed E-state index contributed by atoms with van der Waals surface area (Å²) in [6.45, 7) is 2.03. The van der Waals surface area contributed by atoms with Crippen LogP contribution in [0.5, 0.6) is 0 Å². The highest BCUT2D eigenvalue weighted by molar-refractivity contribution is 5.94. The van der Waals surface area contributed by atoms with Crippen molar-refractivity contribution in [1.82, 2.24) is 15.2 Å². The van der Waals surface area contributed by atoms with E-state index >= 15 is 0 Å². The average molecular weight is 340 g/mol. The lowest BCUT2D eigenvalue weighted by molar-refractivity contribution is -0.126. The maximum atomic E-state index is 12.8. The van der Waals surface area contributed by atoms with Crippen molar-refractivity contribution in [3.8, 4) is 11.3 Å². The largest absolute Gasteiger partial charge is 0.355 e. The number of nitrogens with two attached hydrogens (primary N) is 1. The van der Waals surface area contributed by atoms with E-state index in [0.717, 1.165) is 24.1 Å². The lowest BCUT2D eigenvalue weighted by atomic mass is 9.97. The standard InChI is InChI=1S/C19H24N4O2/c20-10-11-21-18(24)15-7-4-12-23(13-15)19(25)17-9-8-16(22-17)14-5-2-1-3-6-14/h1-3,5-6,8-9,15,22H,4,7,10-13,20H2,(H,21,24). The smallest absolute Gasteiger partial charge is 0.270 e. The van der Waals surface area contributed by atoms with Crippen LogP contribution in [0.1, 0.15) is 23.3 Å². The molecule has 6 nitrogen and oxygen atoms in total. The van der Waals surface area contributed by atoms with Crippen molar-refractivity contribution < 1.29 is 9.59 Å². The summed E-state index contributed by atoms with van der Waals surface area (Å²) in [5.74, 6) is -0.231. The molecule has 4 N–H and O–H groups in total. The van der Waals surface area contributed by atoms with Gasteiger partial charge in [0, 0.05) is 31.9 Å². The maximum Gasteiger partial charge on any atom is 0.270 e. The number of H-pyrrole nitrogens is 1. The summed E-state index contributed by atoms with van der Waals surface area (Å²) in [6, 6.07) is 13.6. The van der Waals surface area contributed by atoms with Crippen LogP contribution in [0.2, 0.25) is 0 Å². The zero-order chi connectivity index (χ0) is 17.6. The fraction of sp³-hybridized carbons (Fsp3) is 0.368. The third kappa shape index (κ3) is 4.09. The van der Waals surface area contributed by atoms with Crippen LogP contribution >= 0.6 is 0 Å². The normalized spacial score (nSPS) is 17.3. The molecule has 1 atom stereocenters. The first kappa shape index (κ1) is 17.2. The molecule has 1 aliphatic heterocycles. The molecule has 132 valence electrons. The molecule has 2 aromatic rings. The predicted octanol–water partition coefficient (Wildman–Crippen LogP) is 1.61. The highest BCUT2D eigenvalue weighted by atomic mass is 16.2. The second kappa shape index (κ2) is 7.98. The van der Waals surface area contributed by atoms with Crippen molar-refractivity contribution in [2.24, 2.45) is 11.7 Å². The van der Waals surface area contributed by atoms with Gasteiger partial charge in [0.25, 0.3) is 5.91 Å². The van der Waals surface area contributed by atoms with Gasteiger partial charge in [-0.25, -0.2) is 0 Å². The number of nitrogens with one attached hydrogen (secondary N) is 2. The molecule has 3 rings (SSSR count). The molecule has 0 spiro atoms. The van der Waals surface area contributed by atoms with Gasteiger partial charge < -0.3 is 20.9 Å². The Labute approximate surface area is 147 Å². The number of carbonyl (C=O) groups excluding carboxylic acids is 2. The highest BCUT2D eigenvalue weighted by Crippen LogP contribution is 2.21. The number of likely N-dealkylation sites (tertiary alicyclic amines) is 1. The Bertz CT molecular complexity index is 726. The molecule has 1 aromatic carbocycles. The highest BCUT2D eigenvalue weighted by Gasteiger charge is 2.29. The Morgan fingerprint density at radius 3 is 2.76 bits per heavy atom. The molecular weight excluding hydrogens is 316 g/mol. The number of amides is 2. The van der Waals surface area contributed by atoms with E-state index in [0.29, 0.717) is 31.9 Å². The number of nitrogens with zero attached hydrogens (tertiary/aromatic N) is 1. The van der Waals surface area contributed by atoms with Gasteiger partial charge in [0.05, 0.1) is 5.92 Å². The third-order valence-corrected chi connectivity index (χ3v) is 4.52. The minimum atomic E-state index is -0.159. The Morgan fingerprint density at radius 2 is 2.00 bits per heavy atom. The van der Waals surface area contributed by atoms with Gasteiger partial charge in [-0.1, -0.05) is 30.3 Å². The first-order valence-electron chi connectivity index (χ1n) is 8.70. The number of rotatable bonds is 5. The summed E-state index contributed by atoms with van der Waals surface area (Å²) in [6.07, 6.45) is 1.64. The number of piperidine rings is 1. The fourth-order valence-corrected chi connectivity index (χ4v) is 3.19. The van der Waals surface area contributed by atoms with E-state index in [9.17, 15) is 9.59 Å². The summed E-state index contributed by atoms with van der Waals surface area (Å²) < 4.78 is 0. The molecule has 1 saturated heterocycles. The molecule has 1 aromatic heterocycles. The summed E-state index contributed by atoms with van der Waals surface area (Å²) in [7, 11) is 0. The maximum absolute atomic E-state index is 12.8. The minimum absolute atomic E-state index is 0.0144. The van der Waals surface area contributed by atoms with Crippen LogP contribution in [-0.4, -0.2) is 47.9 Å². The third-order valence-electron chi connectivity index (χ3n) is 4.52. The van der Waals surface area contributed by atoms with Crippen LogP contribution < -0.4 is 11.1 Å². The summed E-state index contributed by atoms with van der Waals surface area (Å²) in [5.41, 5.74) is 7.94. The number of benzene rings is 1. The molecule has 0 aliphatic carbocycles. The van der Waals surface area contributed by atoms with Gasteiger partial charge in [-0.05, 0) is 30.5 Å². The Kier molecular flexibility index (Phi) is 5.50. The first-order valence-corrected chi connectivity index (χ1v) is 8.70. The van der Waals surface area contributed by atoms with E-state index < -0.39 is 0 Å². The van der Waals surface area contributed by atoms with Gasteiger partial charge in [0.1, 0.15) is 5.69 Å². The molecule has 25 heavy (non-hydrogen) atoms. The number of aromatic nitrogens is 1. The quantitative estimate of drug-likeness (QED) is 0.772. The molecule has 0 radical (unpaired) electrons. The molecule has 2 heterocycles. The van der Waals surface area contributed by atoms with Crippen molar-refractivity contribution in [3.05, 3.63) is 48.2 Å². The predicted molar refractivity (Wildman–Crippen MR) is 96.9 cm³/mol. The van der Waals surface area contributed by atoms with Gasteiger partial charge in [0.15, 0.2) is 0 Å². The van der Waals surface area contributed by atoms with Crippen LogP contribution in [0.3, 0.4) is 0 Å². The van der Waals surface area contributed by atoms with E-state index in [4.69, 9.17) is 5.73 Å². The zero-order valence-electron chi connectivity index (χ0n) is 14.2. The van der Waals surface area contributed by atoms with Gasteiger partial charge in [-0.2, -0.15) is 0 Å². The molecule has 1 unspecified atom stereocenters. The molecule has 0 saturated carbocycles. The SMILES string of the molecule is NCCNC(=O)C1CCCN(C(=O)c2ccc(-c3ccccc3)[nH]2)C1. The van der Waals surface area contributed by atoms with Gasteiger partial charge in [0.2, 0.25) is 5.91 Å². The summed E-state index contributed by atoms with van der Waals surface area (Å²) in [5, 5.41) is 2.82. The van der Waals surface area contributed by atoms with Gasteiger partial charge in [-0.3, -0.25) is 9.59 Å². The molecular formula is C19H24N4O2. The second-order valence-corrected chi connectivity index (χ2v) is 6.32. The lowest BCUT2D eigenvalue weighted by Gasteiger charge is -2.31. The van der Waals surface area contributed by atoms with Gasteiger partial charge in [-0.15, -0.1) is 0 Å². The van der Waals surface area contributed by atoms with Crippen LogP contribution in [0.15, 0.2) is 42.5 Å². The number of carbonyl (C=O) groups is 2. The Hall–Kier alpha value is -2.60. The van der Waals surface area contributed by atoms with Gasteiger partial charge >= 0.3 is 0 Å². The average Bonchev–Trinajstić information content (AvgIpc) is 3.16. The number of aromatic amines is 1. The van der Waals surface area contributed by atoms with Crippen LogP contribution in [0.4, 0.5) is 0 Å². The fourth-order valence-electron chi connectivity index (χ4n) is 3.19. The first-order chi connectivity index (χ1) is 12.2. The van der Waals surface area contributed by atoms with E-state index in [-0.39, 0.29) is 17.7 Å². The molecule has 0 bridgehead atoms. The van der Waals surface area contributed by atoms with E-state index in [1.807, 2.05) is 42.5 Å². The van der Waals surface area contributed by atoms with E-state index in [1.54, 1.807) is 4.90 Å². The van der Waals surface area contributed by atoms with Crippen LogP contribution in [-0.2, 0) is 4.79 Å². The Morgan fingerprint density at radius 1 is 1.20 bits per heavy atom. The second-order valence-electron chi connectivity index (χ2n) is 6.32. The minimum Gasteiger partial charge on any atom is -0.355 e. The van der Waals surface area contributed by atoms with Crippen molar-refractivity contribution >= 4 is 11.8 Å². The monoisotopic (exact) mass is 340 g/mol. The lowest BCUT2D eigenvalue weighted by Crippen LogP contribution is -2.46. The Balaban J connectivity index is 1.66. The topological polar surface area (TPSA) is 91.2 Å². The van der Waals surface area contributed by atoms with Crippen molar-refractivity contribution in [2.75, 3.05) is 26.2 Å². The van der Waals surface area contributed by atoms with Crippen LogP contribution in [0.25, 0.3) is 11.3 Å². The number of hydrogen-bond acceptors (Lipinski definition) is 3. The molecule has 2 amide bonds. The zero-order valence-corrected chi connectivity index (χ0v) is 14.2. The number of hydrogen-bond donors (Lipinski definition) is 3. The van der Waals surface area contributed by atoms with E-state index in [2.05, 4.69) is 10.3 Å². The summed E-state index contributed by atoms with van der Waals surface area (Å²) >= 11 is 0. The van der Waals surface area contributed by atoms with E-state index in [1.165, 1.54) is 0 Å². The van der Waals surface area contributed by atoms with Crippen LogP contribution in [0, 0.1) is 5.92 Å². The molecule has 6 heteroatoms.